The van der Waals surface area contributed by atoms with E-state index in [4.69, 9.17) is 10.5 Å². The molecule has 7 nitrogen and oxygen atoms in total. The highest BCUT2D eigenvalue weighted by Crippen LogP contribution is 2.27. The number of carbonyl (C=O) groups is 1. The van der Waals surface area contributed by atoms with Crippen LogP contribution < -0.4 is 20.5 Å². The van der Waals surface area contributed by atoms with Gasteiger partial charge in [-0.15, -0.1) is 12.4 Å². The van der Waals surface area contributed by atoms with Gasteiger partial charge in [0.15, 0.2) is 0 Å². The second-order valence-electron chi connectivity index (χ2n) is 7.50. The number of hydrogen-bond donors (Lipinski definition) is 3. The van der Waals surface area contributed by atoms with Gasteiger partial charge >= 0.3 is 0 Å². The van der Waals surface area contributed by atoms with Crippen molar-refractivity contribution in [1.82, 2.24) is 10.0 Å². The Morgan fingerprint density at radius 3 is 2.46 bits per heavy atom. The Balaban J connectivity index is 0.00000392. The Hall–Kier alpha value is -1.35. The number of sulfonamides is 1. The zero-order valence-corrected chi connectivity index (χ0v) is 18.4. The van der Waals surface area contributed by atoms with Gasteiger partial charge in [-0.25, -0.2) is 13.1 Å². The largest absolute Gasteiger partial charge is 0.495 e. The number of nitrogens with two attached hydrogens (primary N) is 1. The Morgan fingerprint density at radius 2 is 1.93 bits per heavy atom. The molecule has 1 fully saturated rings. The highest BCUT2D eigenvalue weighted by molar-refractivity contribution is 7.89. The number of carbonyl (C=O) groups excluding carboxylic acids is 1. The number of benzene rings is 1. The van der Waals surface area contributed by atoms with Gasteiger partial charge in [0.05, 0.1) is 7.11 Å². The minimum absolute atomic E-state index is 0. The molecule has 2 rings (SSSR count). The number of hydrogen-bond acceptors (Lipinski definition) is 5. The monoisotopic (exact) mass is 433 g/mol. The van der Waals surface area contributed by atoms with Crippen LogP contribution in [0.2, 0.25) is 0 Å². The fraction of sp³-hybridized carbons (Fsp3) is 0.632. The van der Waals surface area contributed by atoms with Gasteiger partial charge in [-0.3, -0.25) is 4.79 Å². The van der Waals surface area contributed by atoms with Crippen LogP contribution in [0.25, 0.3) is 0 Å². The summed E-state index contributed by atoms with van der Waals surface area (Å²) in [5.41, 5.74) is 6.01. The average molecular weight is 434 g/mol. The summed E-state index contributed by atoms with van der Waals surface area (Å²) in [7, 11) is -2.36. The number of ether oxygens (including phenoxy) is 1. The summed E-state index contributed by atoms with van der Waals surface area (Å²) in [6, 6.07) is 4.22. The predicted octanol–water partition coefficient (Wildman–Crippen LogP) is 2.44. The van der Waals surface area contributed by atoms with Gasteiger partial charge in [0.1, 0.15) is 10.6 Å². The SMILES string of the molecule is COc1ccc(C(=O)NC(CN)CC(C)C)cc1S(=O)(=O)NC1CCCC1.Cl. The minimum Gasteiger partial charge on any atom is -0.495 e. The molecule has 1 saturated carbocycles. The first-order valence-electron chi connectivity index (χ1n) is 9.48. The van der Waals surface area contributed by atoms with Crippen molar-refractivity contribution in [2.75, 3.05) is 13.7 Å². The zero-order valence-electron chi connectivity index (χ0n) is 16.7. The van der Waals surface area contributed by atoms with E-state index in [-0.39, 0.29) is 46.6 Å². The van der Waals surface area contributed by atoms with Crippen LogP contribution in [0.1, 0.15) is 56.3 Å². The molecule has 9 heteroatoms. The maximum atomic E-state index is 12.8. The molecule has 4 N–H and O–H groups in total. The molecule has 0 aromatic heterocycles. The van der Waals surface area contributed by atoms with Gasteiger partial charge in [-0.1, -0.05) is 26.7 Å². The molecule has 1 amide bonds. The molecule has 1 atom stereocenters. The van der Waals surface area contributed by atoms with Gasteiger partial charge in [0.25, 0.3) is 5.91 Å². The van der Waals surface area contributed by atoms with Crippen LogP contribution in [0.4, 0.5) is 0 Å². The second-order valence-corrected chi connectivity index (χ2v) is 9.19. The van der Waals surface area contributed by atoms with E-state index in [0.717, 1.165) is 32.1 Å². The molecule has 1 unspecified atom stereocenters. The third-order valence-electron chi connectivity index (χ3n) is 4.77. The number of methoxy groups -OCH3 is 1. The molecule has 0 radical (unpaired) electrons. The Morgan fingerprint density at radius 1 is 1.29 bits per heavy atom. The predicted molar refractivity (Wildman–Crippen MR) is 113 cm³/mol. The summed E-state index contributed by atoms with van der Waals surface area (Å²) in [5, 5.41) is 2.88. The third-order valence-corrected chi connectivity index (χ3v) is 6.31. The van der Waals surface area contributed by atoms with Gasteiger partial charge in [0, 0.05) is 24.2 Å². The van der Waals surface area contributed by atoms with E-state index in [2.05, 4.69) is 23.9 Å². The van der Waals surface area contributed by atoms with E-state index in [0.29, 0.717) is 12.5 Å². The molecule has 0 saturated heterocycles. The molecular formula is C19H32ClN3O4S. The lowest BCUT2D eigenvalue weighted by Crippen LogP contribution is -2.41. The molecule has 0 spiro atoms. The quantitative estimate of drug-likeness (QED) is 0.554. The molecule has 160 valence electrons. The fourth-order valence-corrected chi connectivity index (χ4v) is 4.91. The van der Waals surface area contributed by atoms with Crippen LogP contribution in [-0.2, 0) is 10.0 Å². The molecule has 0 heterocycles. The maximum Gasteiger partial charge on any atom is 0.251 e. The molecular weight excluding hydrogens is 402 g/mol. The Labute approximate surface area is 174 Å². The molecule has 1 aliphatic carbocycles. The number of rotatable bonds is 9. The first kappa shape index (κ1) is 24.7. The lowest BCUT2D eigenvalue weighted by atomic mass is 10.0. The van der Waals surface area contributed by atoms with Crippen LogP contribution in [0.3, 0.4) is 0 Å². The molecule has 1 aliphatic rings. The van der Waals surface area contributed by atoms with Gasteiger partial charge < -0.3 is 15.8 Å². The van der Waals surface area contributed by atoms with Crippen molar-refractivity contribution in [3.63, 3.8) is 0 Å². The van der Waals surface area contributed by atoms with Gasteiger partial charge in [0.2, 0.25) is 10.0 Å². The molecule has 0 bridgehead atoms. The lowest BCUT2D eigenvalue weighted by molar-refractivity contribution is 0.0933. The highest BCUT2D eigenvalue weighted by Gasteiger charge is 2.27. The summed E-state index contributed by atoms with van der Waals surface area (Å²) < 4.78 is 33.6. The van der Waals surface area contributed by atoms with Crippen molar-refractivity contribution in [1.29, 1.82) is 0 Å². The third kappa shape index (κ3) is 6.62. The topological polar surface area (TPSA) is 111 Å². The molecule has 1 aromatic rings. The van der Waals surface area contributed by atoms with Crippen LogP contribution >= 0.6 is 12.4 Å². The highest BCUT2D eigenvalue weighted by atomic mass is 35.5. The summed E-state index contributed by atoms with van der Waals surface area (Å²) >= 11 is 0. The van der Waals surface area contributed by atoms with Gasteiger partial charge in [-0.2, -0.15) is 0 Å². The van der Waals surface area contributed by atoms with Gasteiger partial charge in [-0.05, 0) is 43.4 Å². The number of amides is 1. The minimum atomic E-state index is -3.78. The smallest absolute Gasteiger partial charge is 0.251 e. The summed E-state index contributed by atoms with van der Waals surface area (Å²) in [5.74, 6) is 0.266. The van der Waals surface area contributed by atoms with E-state index < -0.39 is 10.0 Å². The van der Waals surface area contributed by atoms with E-state index in [1.165, 1.54) is 19.2 Å². The first-order valence-corrected chi connectivity index (χ1v) is 11.0. The molecule has 1 aromatic carbocycles. The number of nitrogens with one attached hydrogen (secondary N) is 2. The zero-order chi connectivity index (χ0) is 20.0. The maximum absolute atomic E-state index is 12.8. The van der Waals surface area contributed by atoms with E-state index in [9.17, 15) is 13.2 Å². The summed E-state index contributed by atoms with van der Waals surface area (Å²) in [6.07, 6.45) is 4.45. The van der Waals surface area contributed by atoms with Crippen molar-refractivity contribution >= 4 is 28.3 Å². The fourth-order valence-electron chi connectivity index (χ4n) is 3.41. The van der Waals surface area contributed by atoms with Crippen LogP contribution in [0.15, 0.2) is 23.1 Å². The average Bonchev–Trinajstić information content (AvgIpc) is 3.12. The van der Waals surface area contributed by atoms with Crippen molar-refractivity contribution in [2.45, 2.75) is 62.9 Å². The number of halogens is 1. The van der Waals surface area contributed by atoms with E-state index in [1.54, 1.807) is 6.07 Å². The summed E-state index contributed by atoms with van der Waals surface area (Å²) in [6.45, 7) is 4.44. The van der Waals surface area contributed by atoms with E-state index >= 15 is 0 Å². The molecule has 0 aliphatic heterocycles. The Bertz CT molecular complexity index is 750. The Kier molecular flexibility index (Phi) is 9.69. The van der Waals surface area contributed by atoms with Crippen molar-refractivity contribution in [2.24, 2.45) is 11.7 Å². The van der Waals surface area contributed by atoms with E-state index in [1.807, 2.05) is 0 Å². The summed E-state index contributed by atoms with van der Waals surface area (Å²) in [4.78, 5) is 12.6. The lowest BCUT2D eigenvalue weighted by Gasteiger charge is -2.19. The van der Waals surface area contributed by atoms with Crippen LogP contribution in [0, 0.1) is 5.92 Å². The second kappa shape index (κ2) is 11.0. The van der Waals surface area contributed by atoms with Crippen molar-refractivity contribution < 1.29 is 17.9 Å². The van der Waals surface area contributed by atoms with Crippen LogP contribution in [-0.4, -0.2) is 40.1 Å². The van der Waals surface area contributed by atoms with Crippen LogP contribution in [0.5, 0.6) is 5.75 Å². The first-order chi connectivity index (χ1) is 12.8. The standard InChI is InChI=1S/C19H31N3O4S.ClH/c1-13(2)10-16(12-20)21-19(23)14-8-9-17(26-3)18(11-14)27(24,25)22-15-6-4-5-7-15;/h8-9,11,13,15-16,22H,4-7,10,12,20H2,1-3H3,(H,21,23);1H. The van der Waals surface area contributed by atoms with Crippen molar-refractivity contribution in [3.05, 3.63) is 23.8 Å². The van der Waals surface area contributed by atoms with Crippen molar-refractivity contribution in [3.8, 4) is 5.75 Å². The normalized spacial score (nSPS) is 15.9. The molecule has 28 heavy (non-hydrogen) atoms.